The Bertz CT molecular complexity index is 323. The van der Waals surface area contributed by atoms with E-state index < -0.39 is 0 Å². The normalized spacial score (nSPS) is 25.2. The predicted molar refractivity (Wildman–Crippen MR) is 80.6 cm³/mol. The summed E-state index contributed by atoms with van der Waals surface area (Å²) in [5.41, 5.74) is 5.49. The van der Waals surface area contributed by atoms with E-state index in [0.717, 1.165) is 18.8 Å². The number of rotatable bonds is 7. The zero-order chi connectivity index (χ0) is 15.0. The van der Waals surface area contributed by atoms with Crippen LogP contribution in [0.3, 0.4) is 0 Å². The number of carbonyl (C=O) groups excluding carboxylic acids is 1. The summed E-state index contributed by atoms with van der Waals surface area (Å²) in [7, 11) is 0. The van der Waals surface area contributed by atoms with Crippen molar-refractivity contribution in [2.24, 2.45) is 28.6 Å². The van der Waals surface area contributed by atoms with Gasteiger partial charge in [0.15, 0.2) is 0 Å². The largest absolute Gasteiger partial charge is 0.409 e. The Labute approximate surface area is 122 Å². The van der Waals surface area contributed by atoms with Crippen LogP contribution in [0.2, 0.25) is 0 Å². The van der Waals surface area contributed by atoms with Gasteiger partial charge in [-0.25, -0.2) is 0 Å². The van der Waals surface area contributed by atoms with Gasteiger partial charge in [0.25, 0.3) is 0 Å². The molecule has 0 aromatic carbocycles. The molecule has 0 saturated heterocycles. The second-order valence-corrected chi connectivity index (χ2v) is 6.03. The van der Waals surface area contributed by atoms with Crippen LogP contribution in [0.25, 0.3) is 0 Å². The number of nitrogens with two attached hydrogens (primary N) is 1. The molecule has 1 rings (SSSR count). The van der Waals surface area contributed by atoms with Crippen LogP contribution in [0.15, 0.2) is 5.16 Å². The number of oxime groups is 1. The summed E-state index contributed by atoms with van der Waals surface area (Å²) < 4.78 is 0. The smallest absolute Gasteiger partial charge is 0.223 e. The Morgan fingerprint density at radius 2 is 2.05 bits per heavy atom. The first-order valence-electron chi connectivity index (χ1n) is 7.83. The summed E-state index contributed by atoms with van der Waals surface area (Å²) in [4.78, 5) is 12.1. The van der Waals surface area contributed by atoms with Crippen molar-refractivity contribution in [1.29, 1.82) is 0 Å². The molecule has 0 aromatic rings. The fourth-order valence-corrected chi connectivity index (χ4v) is 2.81. The topological polar surface area (TPSA) is 87.7 Å². The van der Waals surface area contributed by atoms with Gasteiger partial charge in [-0.15, -0.1) is 0 Å². The second kappa shape index (κ2) is 8.82. The zero-order valence-electron chi connectivity index (χ0n) is 12.8. The number of nitrogens with zero attached hydrogens (tertiary/aromatic N) is 1. The Kier molecular flexibility index (Phi) is 7.41. The number of hydrogen-bond acceptors (Lipinski definition) is 3. The molecule has 0 aliphatic heterocycles. The molecular weight excluding hydrogens is 254 g/mol. The van der Waals surface area contributed by atoms with Crippen molar-refractivity contribution in [1.82, 2.24) is 5.32 Å². The average Bonchev–Trinajstić information content (AvgIpc) is 2.49. The van der Waals surface area contributed by atoms with Crippen LogP contribution < -0.4 is 11.1 Å². The second-order valence-electron chi connectivity index (χ2n) is 6.03. The summed E-state index contributed by atoms with van der Waals surface area (Å²) in [5, 5.41) is 14.4. The van der Waals surface area contributed by atoms with Gasteiger partial charge in [-0.2, -0.15) is 0 Å². The molecule has 1 unspecified atom stereocenters. The lowest BCUT2D eigenvalue weighted by Gasteiger charge is -2.28. The van der Waals surface area contributed by atoms with Gasteiger partial charge < -0.3 is 16.3 Å². The Morgan fingerprint density at radius 1 is 1.40 bits per heavy atom. The molecule has 0 bridgehead atoms. The third-order valence-electron chi connectivity index (χ3n) is 4.39. The summed E-state index contributed by atoms with van der Waals surface area (Å²) in [5.74, 6) is 1.11. The first-order chi connectivity index (χ1) is 9.58. The van der Waals surface area contributed by atoms with E-state index in [1.807, 2.05) is 6.92 Å². The molecule has 5 nitrogen and oxygen atoms in total. The first-order valence-corrected chi connectivity index (χ1v) is 7.83. The van der Waals surface area contributed by atoms with Crippen LogP contribution in [0, 0.1) is 17.8 Å². The molecule has 1 amide bonds. The van der Waals surface area contributed by atoms with Gasteiger partial charge in [-0.3, -0.25) is 4.79 Å². The summed E-state index contributed by atoms with van der Waals surface area (Å²) >= 11 is 0. The fourth-order valence-electron chi connectivity index (χ4n) is 2.81. The third-order valence-corrected chi connectivity index (χ3v) is 4.39. The number of amidine groups is 1. The van der Waals surface area contributed by atoms with Crippen molar-refractivity contribution < 1.29 is 10.0 Å². The number of hydrogen-bond donors (Lipinski definition) is 3. The molecule has 1 fully saturated rings. The van der Waals surface area contributed by atoms with E-state index in [1.54, 1.807) is 0 Å². The highest BCUT2D eigenvalue weighted by atomic mass is 16.4. The fraction of sp³-hybridized carbons (Fsp3) is 0.867. The number of amides is 1. The molecule has 116 valence electrons. The van der Waals surface area contributed by atoms with Gasteiger partial charge in [-0.05, 0) is 31.6 Å². The van der Waals surface area contributed by atoms with E-state index >= 15 is 0 Å². The molecule has 1 atom stereocenters. The van der Waals surface area contributed by atoms with E-state index in [0.29, 0.717) is 6.54 Å². The van der Waals surface area contributed by atoms with E-state index in [9.17, 15) is 4.79 Å². The highest BCUT2D eigenvalue weighted by Crippen LogP contribution is 2.31. The van der Waals surface area contributed by atoms with Gasteiger partial charge in [0.1, 0.15) is 5.84 Å². The molecule has 1 saturated carbocycles. The van der Waals surface area contributed by atoms with Crippen molar-refractivity contribution in [3.05, 3.63) is 0 Å². The average molecular weight is 283 g/mol. The van der Waals surface area contributed by atoms with Crippen molar-refractivity contribution in [2.45, 2.75) is 58.8 Å². The maximum absolute atomic E-state index is 12.1. The SMILES string of the molecule is CCCCC1CCC(C(=O)NCC(C)C(N)=NO)CC1. The molecule has 20 heavy (non-hydrogen) atoms. The summed E-state index contributed by atoms with van der Waals surface area (Å²) in [6.45, 7) is 4.49. The molecule has 0 aromatic heterocycles. The van der Waals surface area contributed by atoms with Crippen molar-refractivity contribution >= 4 is 11.7 Å². The maximum Gasteiger partial charge on any atom is 0.223 e. The molecule has 0 radical (unpaired) electrons. The van der Waals surface area contributed by atoms with Gasteiger partial charge >= 0.3 is 0 Å². The highest BCUT2D eigenvalue weighted by Gasteiger charge is 2.26. The summed E-state index contributed by atoms with van der Waals surface area (Å²) in [6.07, 6.45) is 8.22. The van der Waals surface area contributed by atoms with Crippen LogP contribution in [0.1, 0.15) is 58.8 Å². The minimum absolute atomic E-state index is 0.122. The van der Waals surface area contributed by atoms with Crippen LogP contribution in [-0.4, -0.2) is 23.5 Å². The Balaban J connectivity index is 2.25. The van der Waals surface area contributed by atoms with Crippen LogP contribution in [-0.2, 0) is 4.79 Å². The van der Waals surface area contributed by atoms with Gasteiger partial charge in [0, 0.05) is 18.4 Å². The standard InChI is InChI=1S/C15H29N3O2/c1-3-4-5-12-6-8-13(9-7-12)15(19)17-10-11(2)14(16)18-20/h11-13,20H,3-10H2,1-2H3,(H2,16,18)(H,17,19). The van der Waals surface area contributed by atoms with E-state index in [4.69, 9.17) is 10.9 Å². The summed E-state index contributed by atoms with van der Waals surface area (Å²) in [6, 6.07) is 0. The van der Waals surface area contributed by atoms with E-state index in [1.165, 1.54) is 32.1 Å². The van der Waals surface area contributed by atoms with Gasteiger partial charge in [0.2, 0.25) is 5.91 Å². The number of unbranched alkanes of at least 4 members (excludes halogenated alkanes) is 1. The van der Waals surface area contributed by atoms with E-state index in [2.05, 4.69) is 17.4 Å². The van der Waals surface area contributed by atoms with Crippen molar-refractivity contribution in [2.75, 3.05) is 6.54 Å². The maximum atomic E-state index is 12.1. The predicted octanol–water partition coefficient (Wildman–Crippen LogP) is 2.48. The van der Waals surface area contributed by atoms with Crippen molar-refractivity contribution in [3.8, 4) is 0 Å². The molecular formula is C15H29N3O2. The van der Waals surface area contributed by atoms with Gasteiger partial charge in [0.05, 0.1) is 0 Å². The Morgan fingerprint density at radius 3 is 2.60 bits per heavy atom. The van der Waals surface area contributed by atoms with E-state index in [-0.39, 0.29) is 23.6 Å². The van der Waals surface area contributed by atoms with Gasteiger partial charge in [-0.1, -0.05) is 38.3 Å². The highest BCUT2D eigenvalue weighted by molar-refractivity contribution is 5.83. The van der Waals surface area contributed by atoms with Crippen LogP contribution in [0.5, 0.6) is 0 Å². The third kappa shape index (κ3) is 5.39. The molecule has 4 N–H and O–H groups in total. The van der Waals surface area contributed by atoms with Crippen LogP contribution in [0.4, 0.5) is 0 Å². The molecule has 0 spiro atoms. The molecule has 0 heterocycles. The Hall–Kier alpha value is -1.26. The van der Waals surface area contributed by atoms with Crippen molar-refractivity contribution in [3.63, 3.8) is 0 Å². The number of carbonyl (C=O) groups is 1. The lowest BCUT2D eigenvalue weighted by Crippen LogP contribution is -2.38. The quantitative estimate of drug-likeness (QED) is 0.290. The lowest BCUT2D eigenvalue weighted by molar-refractivity contribution is -0.126. The molecule has 1 aliphatic rings. The van der Waals surface area contributed by atoms with Crippen LogP contribution >= 0.6 is 0 Å². The lowest BCUT2D eigenvalue weighted by atomic mass is 9.79. The minimum Gasteiger partial charge on any atom is -0.409 e. The minimum atomic E-state index is -0.134. The monoisotopic (exact) mass is 283 g/mol. The molecule has 5 heteroatoms. The molecule has 1 aliphatic carbocycles. The first kappa shape index (κ1) is 16.8. The number of nitrogens with one attached hydrogen (secondary N) is 1. The zero-order valence-corrected chi connectivity index (χ0v) is 12.8.